The van der Waals surface area contributed by atoms with E-state index >= 15 is 0 Å². The highest BCUT2D eigenvalue weighted by Gasteiger charge is 2.45. The molecule has 3 aliphatic carbocycles. The molecule has 1 N–H and O–H groups in total. The van der Waals surface area contributed by atoms with Crippen molar-refractivity contribution < 1.29 is 18.7 Å². The first-order valence-electron chi connectivity index (χ1n) is 14.9. The quantitative estimate of drug-likeness (QED) is 0.0797. The number of hydrogen-bond acceptors (Lipinski definition) is 5. The monoisotopic (exact) mass is 576 g/mol. The Morgan fingerprint density at radius 3 is 2.22 bits per heavy atom. The fourth-order valence-corrected chi connectivity index (χ4v) is 8.24. The summed E-state index contributed by atoms with van der Waals surface area (Å²) in [6, 6.07) is 10.5. The van der Waals surface area contributed by atoms with Crippen LogP contribution in [0.4, 0.5) is 5.88 Å². The lowest BCUT2D eigenvalue weighted by atomic mass is 9.95. The molecule has 1 saturated carbocycles. The van der Waals surface area contributed by atoms with Gasteiger partial charge in [-0.15, -0.1) is 0 Å². The van der Waals surface area contributed by atoms with E-state index in [2.05, 4.69) is 51.3 Å². The van der Waals surface area contributed by atoms with E-state index in [-0.39, 0.29) is 11.1 Å². The molecule has 1 heterocycles. The predicted molar refractivity (Wildman–Crippen MR) is 173 cm³/mol. The Labute approximate surface area is 247 Å². The first-order chi connectivity index (χ1) is 19.1. The third-order valence-electron chi connectivity index (χ3n) is 9.23. The van der Waals surface area contributed by atoms with E-state index in [1.165, 1.54) is 18.7 Å². The number of esters is 1. The number of furan rings is 1. The van der Waals surface area contributed by atoms with Crippen LogP contribution in [-0.2, 0) is 4.74 Å². The molecule has 1 aromatic heterocycles. The first-order valence-corrected chi connectivity index (χ1v) is 17.9. The lowest BCUT2D eigenvalue weighted by Crippen LogP contribution is -2.51. The van der Waals surface area contributed by atoms with Crippen LogP contribution in [0.5, 0.6) is 0 Å². The molecule has 7 heteroatoms. The van der Waals surface area contributed by atoms with E-state index in [1.54, 1.807) is 6.21 Å². The van der Waals surface area contributed by atoms with Gasteiger partial charge in [-0.05, 0) is 41.1 Å². The summed E-state index contributed by atoms with van der Waals surface area (Å²) in [5.74, 6) is 0.752. The van der Waals surface area contributed by atoms with Crippen LogP contribution in [0.2, 0.25) is 18.1 Å². The third-order valence-corrected chi connectivity index (χ3v) is 14.7. The number of fused-ring (bicyclic) bond motifs is 1. The molecule has 0 aliphatic heterocycles. The molecule has 0 amide bonds. The van der Waals surface area contributed by atoms with Crippen molar-refractivity contribution in [3.05, 3.63) is 52.2 Å². The van der Waals surface area contributed by atoms with E-state index < -0.39 is 19.6 Å². The average molecular weight is 577 g/mol. The maximum atomic E-state index is 13.5. The Balaban J connectivity index is 2.12. The van der Waals surface area contributed by atoms with Crippen molar-refractivity contribution in [2.24, 2.45) is 0 Å². The molecule has 41 heavy (non-hydrogen) atoms. The van der Waals surface area contributed by atoms with Gasteiger partial charge in [0.1, 0.15) is 11.3 Å². The van der Waals surface area contributed by atoms with Gasteiger partial charge in [-0.2, -0.15) is 0 Å². The average Bonchev–Trinajstić information content (AvgIpc) is 3.23. The summed E-state index contributed by atoms with van der Waals surface area (Å²) in [5.41, 5.74) is 4.56. The Bertz CT molecular complexity index is 1420. The van der Waals surface area contributed by atoms with Crippen molar-refractivity contribution in [3.8, 4) is 22.5 Å². The maximum absolute atomic E-state index is 13.5. The van der Waals surface area contributed by atoms with Gasteiger partial charge in [0.15, 0.2) is 11.8 Å². The largest absolute Gasteiger partial charge is 0.623 e. The number of carbonyl (C=O) groups excluding carboxylic acids is 1. The zero-order chi connectivity index (χ0) is 30.3. The number of methoxy groups -OCH3 is 1. The van der Waals surface area contributed by atoms with Crippen LogP contribution in [0, 0.1) is 12.1 Å². The molecular weight excluding hydrogens is 528 g/mol. The molecule has 1 fully saturated rings. The molecule has 0 bridgehead atoms. The minimum Gasteiger partial charge on any atom is -0.623 e. The molecule has 3 aliphatic rings. The number of hydroxylamine groups is 1. The van der Waals surface area contributed by atoms with Crippen molar-refractivity contribution in [1.82, 2.24) is 0 Å². The van der Waals surface area contributed by atoms with Crippen LogP contribution in [-0.4, -0.2) is 43.7 Å². The number of hydrogen-bond donors (Lipinski definition) is 1. The zero-order valence-corrected chi connectivity index (χ0v) is 27.7. The lowest BCUT2D eigenvalue weighted by Gasteiger charge is -2.38. The minimum absolute atomic E-state index is 0.0266. The second-order valence-corrected chi connectivity index (χ2v) is 19.4. The van der Waals surface area contributed by atoms with Crippen molar-refractivity contribution in [1.29, 1.82) is 0 Å². The summed E-state index contributed by atoms with van der Waals surface area (Å²) in [4.78, 5) is 13.2. The van der Waals surface area contributed by atoms with Gasteiger partial charge in [-0.3, -0.25) is 0 Å². The van der Waals surface area contributed by atoms with Crippen molar-refractivity contribution in [2.75, 3.05) is 12.4 Å². The smallest absolute Gasteiger partial charge is 0.343 e. The van der Waals surface area contributed by atoms with Gasteiger partial charge in [0.05, 0.1) is 15.2 Å². The molecule has 4 rings (SSSR count). The number of nitrogens with zero attached hydrogens (tertiary/aromatic N) is 1. The summed E-state index contributed by atoms with van der Waals surface area (Å²) >= 11 is 0. The highest BCUT2D eigenvalue weighted by molar-refractivity contribution is 6.94. The second kappa shape index (κ2) is 11.3. The molecule has 0 atom stereocenters. The van der Waals surface area contributed by atoms with Crippen LogP contribution in [0.25, 0.3) is 22.5 Å². The van der Waals surface area contributed by atoms with Gasteiger partial charge in [0, 0.05) is 43.5 Å². The number of rotatable bonds is 6. The standard InChI is InChI=1S/C34H48N2O4Si/c1-22-27(32(37)39-8)31(35-23-17-13-11-14-18-23)40-29(22)28-25-20-16-12-15-19-24(25)26(21-36(38)33(2,3)4)30(28)41(9,10)34(5,6)7/h12,15-16,19-21,23,35H,11,13-14,17-18H2,1-10H3/b36-21-. The molecule has 0 aromatic carbocycles. The van der Waals surface area contributed by atoms with Crippen LogP contribution in [0.1, 0.15) is 95.1 Å². The van der Waals surface area contributed by atoms with E-state index in [4.69, 9.17) is 9.15 Å². The first kappa shape index (κ1) is 30.9. The molecule has 1 aromatic rings. The Hall–Kier alpha value is -3.06. The summed E-state index contributed by atoms with van der Waals surface area (Å²) < 4.78 is 13.1. The predicted octanol–water partition coefficient (Wildman–Crippen LogP) is 8.33. The summed E-state index contributed by atoms with van der Waals surface area (Å²) in [5, 5.41) is 18.2. The van der Waals surface area contributed by atoms with E-state index in [0.717, 1.165) is 58.2 Å². The number of anilines is 1. The summed E-state index contributed by atoms with van der Waals surface area (Å²) in [6.07, 6.45) is 7.44. The van der Waals surface area contributed by atoms with Crippen LogP contribution < -0.4 is 10.5 Å². The molecule has 6 nitrogen and oxygen atoms in total. The van der Waals surface area contributed by atoms with Gasteiger partial charge in [-0.1, -0.05) is 83.5 Å². The minimum atomic E-state index is -2.29. The van der Waals surface area contributed by atoms with Gasteiger partial charge in [-0.25, -0.2) is 9.53 Å². The summed E-state index contributed by atoms with van der Waals surface area (Å²) in [7, 11) is -0.874. The highest BCUT2D eigenvalue weighted by Crippen LogP contribution is 2.47. The van der Waals surface area contributed by atoms with E-state index in [1.807, 2.05) is 45.9 Å². The maximum Gasteiger partial charge on any atom is 0.343 e. The fraction of sp³-hybridized carbons (Fsp3) is 0.529. The molecular formula is C34H48N2O4Si. The summed E-state index contributed by atoms with van der Waals surface area (Å²) in [6.45, 7) is 19.3. The van der Waals surface area contributed by atoms with Gasteiger partial charge in [0.25, 0.3) is 0 Å². The van der Waals surface area contributed by atoms with Crippen molar-refractivity contribution in [2.45, 2.75) is 110 Å². The molecule has 222 valence electrons. The molecule has 0 saturated heterocycles. The molecule has 0 spiro atoms. The normalized spacial score (nSPS) is 15.8. The third kappa shape index (κ3) is 5.83. The number of nitrogens with one attached hydrogen (secondary N) is 1. The zero-order valence-electron chi connectivity index (χ0n) is 26.7. The van der Waals surface area contributed by atoms with E-state index in [0.29, 0.717) is 17.2 Å². The van der Waals surface area contributed by atoms with Gasteiger partial charge in [0.2, 0.25) is 5.88 Å². The Morgan fingerprint density at radius 2 is 1.66 bits per heavy atom. The fourth-order valence-electron chi connectivity index (χ4n) is 5.74. The Kier molecular flexibility index (Phi) is 8.52. The van der Waals surface area contributed by atoms with Gasteiger partial charge < -0.3 is 19.7 Å². The van der Waals surface area contributed by atoms with Crippen LogP contribution in [0.3, 0.4) is 0 Å². The van der Waals surface area contributed by atoms with Crippen molar-refractivity contribution in [3.63, 3.8) is 0 Å². The number of carbonyl (C=O) groups is 1. The highest BCUT2D eigenvalue weighted by atomic mass is 28.3. The SMILES string of the molecule is COC(=O)c1c(NC2CCCCC2)oc(-c2c3cccccc-3c(/C=[N+](\[O-])C(C)(C)C)c2[Si](C)(C)C(C)(C)C)c1C. The topological polar surface area (TPSA) is 77.5 Å². The number of ether oxygens (including phenoxy) is 1. The lowest BCUT2D eigenvalue weighted by molar-refractivity contribution is -0.530. The van der Waals surface area contributed by atoms with Crippen molar-refractivity contribution >= 4 is 31.3 Å². The Morgan fingerprint density at radius 1 is 1.05 bits per heavy atom. The molecule has 0 radical (unpaired) electrons. The molecule has 0 unspecified atom stereocenters. The van der Waals surface area contributed by atoms with Crippen LogP contribution in [0.15, 0.2) is 34.7 Å². The second-order valence-electron chi connectivity index (χ2n) is 14.1. The van der Waals surface area contributed by atoms with E-state index in [9.17, 15) is 10.0 Å². The van der Waals surface area contributed by atoms with Gasteiger partial charge >= 0.3 is 5.97 Å². The van der Waals surface area contributed by atoms with Crippen LogP contribution >= 0.6 is 0 Å².